The van der Waals surface area contributed by atoms with Crippen molar-refractivity contribution in [1.82, 2.24) is 9.97 Å². The molecule has 1 aliphatic rings. The molecule has 0 saturated carbocycles. The van der Waals surface area contributed by atoms with E-state index in [2.05, 4.69) is 27.4 Å². The number of hydrogen-bond acceptors (Lipinski definition) is 4. The lowest BCUT2D eigenvalue weighted by molar-refractivity contribution is 0.182. The van der Waals surface area contributed by atoms with Gasteiger partial charge in [-0.25, -0.2) is 9.97 Å². The lowest BCUT2D eigenvalue weighted by Gasteiger charge is -2.24. The summed E-state index contributed by atoms with van der Waals surface area (Å²) in [5.41, 5.74) is 3.11. The van der Waals surface area contributed by atoms with Crippen LogP contribution in [0.4, 0.5) is 5.95 Å². The predicted octanol–water partition coefficient (Wildman–Crippen LogP) is 3.94. The minimum absolute atomic E-state index is 0.126. The second kappa shape index (κ2) is 6.63. The molecule has 3 rings (SSSR count). The molecule has 0 radical (unpaired) electrons. The second-order valence-electron chi connectivity index (χ2n) is 5.77. The lowest BCUT2D eigenvalue weighted by Crippen LogP contribution is -2.22. The van der Waals surface area contributed by atoms with Crippen molar-refractivity contribution in [3.8, 4) is 0 Å². The van der Waals surface area contributed by atoms with E-state index in [1.807, 2.05) is 32.0 Å². The first kappa shape index (κ1) is 15.3. The molecule has 2 unspecified atom stereocenters. The Balaban J connectivity index is 1.89. The van der Waals surface area contributed by atoms with E-state index in [1.54, 1.807) is 0 Å². The molecule has 2 heterocycles. The quantitative estimate of drug-likeness (QED) is 0.928. The standard InChI is InChI=1S/C17H20ClN3O/c1-11-9-12(2)20-17(19-11)21-16(14-7-8-22-10-14)13-3-5-15(18)6-4-13/h3-6,9,14,16H,7-8,10H2,1-2H3,(H,19,20,21). The third-order valence-electron chi connectivity index (χ3n) is 3.93. The molecule has 0 aliphatic carbocycles. The third kappa shape index (κ3) is 3.57. The number of hydrogen-bond donors (Lipinski definition) is 1. The summed E-state index contributed by atoms with van der Waals surface area (Å²) in [6.45, 7) is 5.53. The van der Waals surface area contributed by atoms with Crippen LogP contribution in [0.2, 0.25) is 5.02 Å². The molecule has 0 bridgehead atoms. The van der Waals surface area contributed by atoms with Crippen LogP contribution in [0.15, 0.2) is 30.3 Å². The zero-order valence-corrected chi connectivity index (χ0v) is 13.6. The van der Waals surface area contributed by atoms with E-state index in [0.717, 1.165) is 36.0 Å². The summed E-state index contributed by atoms with van der Waals surface area (Å²) in [5, 5.41) is 4.24. The zero-order valence-electron chi connectivity index (χ0n) is 12.8. The molecule has 1 N–H and O–H groups in total. The molecule has 1 fully saturated rings. The molecule has 1 aliphatic heterocycles. The summed E-state index contributed by atoms with van der Waals surface area (Å²) < 4.78 is 5.56. The topological polar surface area (TPSA) is 47.0 Å². The molecule has 1 aromatic carbocycles. The van der Waals surface area contributed by atoms with Gasteiger partial charge in [-0.3, -0.25) is 0 Å². The van der Waals surface area contributed by atoms with Gasteiger partial charge in [0.25, 0.3) is 0 Å². The third-order valence-corrected chi connectivity index (χ3v) is 4.18. The van der Waals surface area contributed by atoms with Gasteiger partial charge >= 0.3 is 0 Å². The van der Waals surface area contributed by atoms with Gasteiger partial charge in [-0.05, 0) is 44.0 Å². The first-order valence-electron chi connectivity index (χ1n) is 7.54. The fourth-order valence-corrected chi connectivity index (χ4v) is 3.01. The number of benzene rings is 1. The van der Waals surface area contributed by atoms with E-state index >= 15 is 0 Å². The van der Waals surface area contributed by atoms with Gasteiger partial charge in [0.15, 0.2) is 0 Å². The Labute approximate surface area is 135 Å². The first-order valence-corrected chi connectivity index (χ1v) is 7.91. The van der Waals surface area contributed by atoms with Crippen molar-refractivity contribution in [2.75, 3.05) is 18.5 Å². The SMILES string of the molecule is Cc1cc(C)nc(NC(c2ccc(Cl)cc2)C2CCOC2)n1. The fourth-order valence-electron chi connectivity index (χ4n) is 2.89. The Morgan fingerprint density at radius 2 is 1.86 bits per heavy atom. The Kier molecular flexibility index (Phi) is 4.60. The molecule has 0 amide bonds. The number of halogens is 1. The molecule has 4 nitrogen and oxygen atoms in total. The smallest absolute Gasteiger partial charge is 0.223 e. The van der Waals surface area contributed by atoms with Gasteiger partial charge in [-0.2, -0.15) is 0 Å². The van der Waals surface area contributed by atoms with Crippen LogP contribution in [0.5, 0.6) is 0 Å². The van der Waals surface area contributed by atoms with E-state index in [4.69, 9.17) is 16.3 Å². The van der Waals surface area contributed by atoms with Gasteiger partial charge in [0.1, 0.15) is 0 Å². The molecular formula is C17H20ClN3O. The van der Waals surface area contributed by atoms with Crippen molar-refractivity contribution in [3.63, 3.8) is 0 Å². The molecule has 5 heteroatoms. The van der Waals surface area contributed by atoms with Gasteiger partial charge in [0.2, 0.25) is 5.95 Å². The highest BCUT2D eigenvalue weighted by Crippen LogP contribution is 2.32. The van der Waals surface area contributed by atoms with Crippen molar-refractivity contribution in [3.05, 3.63) is 52.3 Å². The highest BCUT2D eigenvalue weighted by atomic mass is 35.5. The number of nitrogens with one attached hydrogen (secondary N) is 1. The minimum atomic E-state index is 0.126. The van der Waals surface area contributed by atoms with E-state index in [0.29, 0.717) is 11.9 Å². The average Bonchev–Trinajstić information content (AvgIpc) is 2.99. The summed E-state index contributed by atoms with van der Waals surface area (Å²) in [4.78, 5) is 9.00. The summed E-state index contributed by atoms with van der Waals surface area (Å²) in [5.74, 6) is 1.08. The van der Waals surface area contributed by atoms with Gasteiger partial charge in [-0.1, -0.05) is 23.7 Å². The van der Waals surface area contributed by atoms with Gasteiger partial charge in [-0.15, -0.1) is 0 Å². The number of ether oxygens (including phenoxy) is 1. The summed E-state index contributed by atoms with van der Waals surface area (Å²) >= 11 is 6.01. The number of aryl methyl sites for hydroxylation is 2. The Morgan fingerprint density at radius 1 is 1.18 bits per heavy atom. The number of nitrogens with zero attached hydrogens (tertiary/aromatic N) is 2. The van der Waals surface area contributed by atoms with Crippen LogP contribution in [0, 0.1) is 19.8 Å². The van der Waals surface area contributed by atoms with E-state index in [9.17, 15) is 0 Å². The first-order chi connectivity index (χ1) is 10.6. The van der Waals surface area contributed by atoms with Crippen molar-refractivity contribution < 1.29 is 4.74 Å². The fraction of sp³-hybridized carbons (Fsp3) is 0.412. The van der Waals surface area contributed by atoms with Crippen LogP contribution in [0.25, 0.3) is 0 Å². The van der Waals surface area contributed by atoms with Crippen LogP contribution in [-0.2, 0) is 4.74 Å². The van der Waals surface area contributed by atoms with Crippen LogP contribution in [0.1, 0.15) is 29.4 Å². The largest absolute Gasteiger partial charge is 0.381 e. The predicted molar refractivity (Wildman–Crippen MR) is 88.2 cm³/mol. The maximum absolute atomic E-state index is 6.01. The minimum Gasteiger partial charge on any atom is -0.381 e. The second-order valence-corrected chi connectivity index (χ2v) is 6.21. The average molecular weight is 318 g/mol. The molecule has 0 spiro atoms. The molecule has 2 atom stereocenters. The lowest BCUT2D eigenvalue weighted by atomic mass is 9.92. The maximum atomic E-state index is 6.01. The normalized spacial score (nSPS) is 19.1. The van der Waals surface area contributed by atoms with Crippen molar-refractivity contribution in [2.24, 2.45) is 5.92 Å². The highest BCUT2D eigenvalue weighted by molar-refractivity contribution is 6.30. The van der Waals surface area contributed by atoms with Crippen molar-refractivity contribution >= 4 is 17.5 Å². The van der Waals surface area contributed by atoms with Crippen LogP contribution in [-0.4, -0.2) is 23.2 Å². The highest BCUT2D eigenvalue weighted by Gasteiger charge is 2.27. The summed E-state index contributed by atoms with van der Waals surface area (Å²) in [6, 6.07) is 10.1. The molecular weight excluding hydrogens is 298 g/mol. The van der Waals surface area contributed by atoms with E-state index in [-0.39, 0.29) is 6.04 Å². The molecule has 1 saturated heterocycles. The monoisotopic (exact) mass is 317 g/mol. The summed E-state index contributed by atoms with van der Waals surface area (Å²) in [7, 11) is 0. The van der Waals surface area contributed by atoms with Gasteiger partial charge < -0.3 is 10.1 Å². The number of rotatable bonds is 4. The molecule has 116 valence electrons. The number of anilines is 1. The van der Waals surface area contributed by atoms with E-state index in [1.165, 1.54) is 5.56 Å². The molecule has 22 heavy (non-hydrogen) atoms. The van der Waals surface area contributed by atoms with Gasteiger partial charge in [0.05, 0.1) is 12.6 Å². The van der Waals surface area contributed by atoms with Crippen LogP contribution < -0.4 is 5.32 Å². The van der Waals surface area contributed by atoms with Gasteiger partial charge in [0, 0.05) is 28.9 Å². The van der Waals surface area contributed by atoms with E-state index < -0.39 is 0 Å². The maximum Gasteiger partial charge on any atom is 0.223 e. The molecule has 2 aromatic rings. The zero-order chi connectivity index (χ0) is 15.5. The molecule has 1 aromatic heterocycles. The Morgan fingerprint density at radius 3 is 2.45 bits per heavy atom. The van der Waals surface area contributed by atoms with Crippen molar-refractivity contribution in [2.45, 2.75) is 26.3 Å². The number of aromatic nitrogens is 2. The van der Waals surface area contributed by atoms with Crippen LogP contribution in [0.3, 0.4) is 0 Å². The van der Waals surface area contributed by atoms with Crippen LogP contribution >= 0.6 is 11.6 Å². The summed E-state index contributed by atoms with van der Waals surface area (Å²) in [6.07, 6.45) is 1.03. The van der Waals surface area contributed by atoms with Crippen molar-refractivity contribution in [1.29, 1.82) is 0 Å². The Bertz CT molecular complexity index is 619. The Hall–Kier alpha value is -1.65.